The molecule has 0 bridgehead atoms. The summed E-state index contributed by atoms with van der Waals surface area (Å²) in [4.78, 5) is 7.25. The number of benzene rings is 11. The van der Waals surface area contributed by atoms with Crippen molar-refractivity contribution in [3.63, 3.8) is 0 Å². The predicted molar refractivity (Wildman–Crippen MR) is 382 cm³/mol. The van der Waals surface area contributed by atoms with E-state index in [2.05, 4.69) is 338 Å². The maximum atomic E-state index is 6.92. The zero-order chi connectivity index (χ0) is 61.7. The Morgan fingerprint density at radius 1 is 0.407 bits per heavy atom. The molecule has 0 unspecified atom stereocenters. The molecule has 1 aliphatic heterocycles. The third-order valence-corrected chi connectivity index (χ3v) is 23.3. The summed E-state index contributed by atoms with van der Waals surface area (Å²) in [5, 5.41) is 14.5. The van der Waals surface area contributed by atoms with E-state index in [4.69, 9.17) is 9.72 Å². The quantitative estimate of drug-likeness (QED) is 0.0821. The molecule has 0 fully saturated rings. The van der Waals surface area contributed by atoms with Crippen molar-refractivity contribution in [3.05, 3.63) is 296 Å². The number of hydrogen-bond acceptors (Lipinski definition) is 3. The molecule has 91 heavy (non-hydrogen) atoms. The van der Waals surface area contributed by atoms with E-state index in [9.17, 15) is 0 Å². The maximum Gasteiger partial charge on any atom is 0.179 e. The maximum absolute atomic E-state index is 6.92. The predicted octanol–water partition coefficient (Wildman–Crippen LogP) is 19.2. The van der Waals surface area contributed by atoms with Gasteiger partial charge in [-0.25, -0.2) is 4.98 Å². The van der Waals surface area contributed by atoms with E-state index < -0.39 is 8.07 Å². The summed E-state index contributed by atoms with van der Waals surface area (Å²) in [5.74, 6) is 2.01. The van der Waals surface area contributed by atoms with Gasteiger partial charge in [0, 0.05) is 50.0 Å². The number of hydrogen-bond donors (Lipinski definition) is 0. The molecule has 4 heterocycles. The van der Waals surface area contributed by atoms with Crippen LogP contribution in [-0.2, 0) is 37.3 Å². The molecule has 0 saturated heterocycles. The summed E-state index contributed by atoms with van der Waals surface area (Å²) >= 11 is 0. The molecule has 3 aromatic heterocycles. The molecule has 1 aliphatic rings. The van der Waals surface area contributed by atoms with Crippen LogP contribution in [0, 0.1) is 18.8 Å². The summed E-state index contributed by atoms with van der Waals surface area (Å²) in [6, 6.07) is 102. The van der Waals surface area contributed by atoms with Crippen molar-refractivity contribution in [2.45, 2.75) is 78.6 Å². The van der Waals surface area contributed by atoms with Crippen LogP contribution in [-0.4, -0.2) is 22.2 Å². The van der Waals surface area contributed by atoms with E-state index in [-0.39, 0.29) is 37.3 Å². The van der Waals surface area contributed by atoms with Crippen LogP contribution in [0.4, 0.5) is 11.4 Å². The van der Waals surface area contributed by atoms with Crippen molar-refractivity contribution in [3.8, 4) is 28.4 Å². The minimum atomic E-state index is -2.98. The summed E-state index contributed by atoms with van der Waals surface area (Å²) < 4.78 is 11.6. The van der Waals surface area contributed by atoms with E-state index >= 15 is 0 Å². The van der Waals surface area contributed by atoms with Crippen LogP contribution < -0.4 is 30.4 Å². The van der Waals surface area contributed by atoms with Gasteiger partial charge in [-0.15, -0.1) is 35.7 Å². The van der Waals surface area contributed by atoms with Gasteiger partial charge < -0.3 is 18.8 Å². The minimum Gasteiger partial charge on any atom is -0.509 e. The first-order valence-corrected chi connectivity index (χ1v) is 33.4. The van der Waals surface area contributed by atoms with Crippen molar-refractivity contribution < 1.29 is 25.8 Å². The Bertz CT molecular complexity index is 5070. The Kier molecular flexibility index (Phi) is 14.8. The van der Waals surface area contributed by atoms with Crippen LogP contribution in [0.2, 0.25) is 0 Å². The summed E-state index contributed by atoms with van der Waals surface area (Å²) in [5.41, 5.74) is 11.9. The van der Waals surface area contributed by atoms with Crippen molar-refractivity contribution in [2.75, 3.05) is 4.90 Å². The Morgan fingerprint density at radius 2 is 0.934 bits per heavy atom. The summed E-state index contributed by atoms with van der Waals surface area (Å²) in [6.07, 6.45) is 1.91. The monoisotopic (exact) mass is 1370 g/mol. The van der Waals surface area contributed by atoms with Crippen LogP contribution in [0.3, 0.4) is 0 Å². The second kappa shape index (κ2) is 22.8. The third-order valence-electron chi connectivity index (χ3n) is 18.5. The molecule has 15 rings (SSSR count). The normalized spacial score (nSPS) is 12.6. The Hall–Kier alpha value is -9.45. The number of para-hydroxylation sites is 3. The van der Waals surface area contributed by atoms with Crippen molar-refractivity contribution in [1.29, 1.82) is 0 Å². The zero-order valence-corrected chi connectivity index (χ0v) is 56.2. The van der Waals surface area contributed by atoms with Gasteiger partial charge in [-0.3, -0.25) is 0 Å². The van der Waals surface area contributed by atoms with Gasteiger partial charge in [0.15, 0.2) is 8.07 Å². The Morgan fingerprint density at radius 3 is 1.57 bits per heavy atom. The fourth-order valence-electron chi connectivity index (χ4n) is 13.9. The number of anilines is 2. The van der Waals surface area contributed by atoms with E-state index in [1.807, 2.05) is 18.3 Å². The summed E-state index contributed by atoms with van der Waals surface area (Å²) in [6.45, 7) is 23.0. The molecular weight excluding hydrogens is 1300 g/mol. The van der Waals surface area contributed by atoms with Gasteiger partial charge in [0.1, 0.15) is 5.82 Å². The van der Waals surface area contributed by atoms with Gasteiger partial charge in [0.2, 0.25) is 0 Å². The number of rotatable bonds is 9. The Labute approximate surface area is 549 Å². The van der Waals surface area contributed by atoms with Gasteiger partial charge in [-0.05, 0) is 144 Å². The second-order valence-corrected chi connectivity index (χ2v) is 31.1. The van der Waals surface area contributed by atoms with Crippen molar-refractivity contribution >= 4 is 105 Å². The first-order chi connectivity index (χ1) is 43.5. The van der Waals surface area contributed by atoms with E-state index in [0.717, 1.165) is 77.1 Å². The first kappa shape index (κ1) is 59.2. The molecular formula is C84H71N4OPtSi-3. The molecule has 11 aromatic carbocycles. The van der Waals surface area contributed by atoms with Gasteiger partial charge in [-0.1, -0.05) is 274 Å². The molecule has 5 nitrogen and oxygen atoms in total. The van der Waals surface area contributed by atoms with Crippen LogP contribution in [0.15, 0.2) is 261 Å². The van der Waals surface area contributed by atoms with Gasteiger partial charge >= 0.3 is 0 Å². The standard InChI is InChI=1S/C84H71N4OSi.Pt/c1-82(2,3)57-46-47-85-79(51-57)88-76-40-22-21-36-71(76)72-44-42-62(53-78(72)88)89-61-27-23-26-60(52-61)86-55-87-80-67(56-48-58(83(4,5)6)50-59(49-56)84(7,8)9)37-24-38-73(80)68-34-19-20-35-69(68)75-54-66(43-45-70(75)74-39-25-41-77(86)81(74)87)90(63-28-13-10-14-29-63,64-30-15-11-16-31-64)65-32-17-12-18-33-65;/h10-51,54-55H,1-9H3;/q-3;. The number of nitrogens with zero attached hydrogens (tertiary/aromatic N) is 4. The smallest absolute Gasteiger partial charge is 0.179 e. The van der Waals surface area contributed by atoms with Gasteiger partial charge in [0.25, 0.3) is 0 Å². The molecule has 0 spiro atoms. The fourth-order valence-corrected chi connectivity index (χ4v) is 18.7. The van der Waals surface area contributed by atoms with Crippen molar-refractivity contribution in [2.24, 2.45) is 0 Å². The van der Waals surface area contributed by atoms with Crippen LogP contribution in [0.25, 0.3) is 82.1 Å². The number of aromatic nitrogens is 3. The molecule has 0 N–H and O–H groups in total. The molecule has 0 amide bonds. The van der Waals surface area contributed by atoms with E-state index in [1.54, 1.807) is 0 Å². The number of pyridine rings is 1. The molecule has 0 radical (unpaired) electrons. The second-order valence-electron chi connectivity index (χ2n) is 27.3. The topological polar surface area (TPSA) is 35.2 Å². The summed E-state index contributed by atoms with van der Waals surface area (Å²) in [7, 11) is -2.98. The van der Waals surface area contributed by atoms with E-state index in [1.165, 1.54) is 53.8 Å². The Balaban J connectivity index is 0.00000721. The van der Waals surface area contributed by atoms with E-state index in [0.29, 0.717) is 11.5 Å². The molecule has 0 saturated carbocycles. The number of fused-ring (bicyclic) bond motifs is 10. The largest absolute Gasteiger partial charge is 0.509 e. The number of ether oxygens (including phenoxy) is 1. The molecule has 0 aliphatic carbocycles. The third kappa shape index (κ3) is 10.2. The van der Waals surface area contributed by atoms with Crippen LogP contribution in [0.1, 0.15) is 79.0 Å². The SMILES string of the molecule is CC(C)(C)c1cc(-c2cccc3c4ccccc4c4cc([Si](c5ccccc5)(c5ccccc5)c5ccccc5)ccc4c4cccc5c4n(c23)[CH-]N5c2[c-]c(Oc3[c-]c4c(cc3)c3ccccc3n4-c3cc(C(C)(C)C)ccn3)ccc2)cc(C(C)(C)C)c1.[Pt]. The van der Waals surface area contributed by atoms with Crippen LogP contribution in [0.5, 0.6) is 11.5 Å². The average Bonchev–Trinajstić information content (AvgIpc) is 1.71. The molecule has 450 valence electrons. The average molecular weight is 1380 g/mol. The zero-order valence-electron chi connectivity index (χ0n) is 52.9. The van der Waals surface area contributed by atoms with Crippen LogP contribution >= 0.6 is 0 Å². The molecule has 0 atom stereocenters. The van der Waals surface area contributed by atoms with Gasteiger partial charge in [0.05, 0.1) is 0 Å². The fraction of sp³-hybridized carbons (Fsp3) is 0.143. The molecule has 7 heteroatoms. The molecule has 14 aromatic rings. The van der Waals surface area contributed by atoms with Crippen molar-refractivity contribution in [1.82, 2.24) is 14.1 Å². The minimum absolute atomic E-state index is 0. The first-order valence-electron chi connectivity index (χ1n) is 31.4. The van der Waals surface area contributed by atoms with Gasteiger partial charge in [-0.2, -0.15) is 12.1 Å².